The highest BCUT2D eigenvalue weighted by atomic mass is 32.2. The minimum absolute atomic E-state index is 0.168. The Morgan fingerprint density at radius 1 is 1.38 bits per heavy atom. The maximum atomic E-state index is 12.2. The minimum atomic E-state index is 0.168. The van der Waals surface area contributed by atoms with E-state index in [0.717, 1.165) is 28.2 Å². The van der Waals surface area contributed by atoms with E-state index in [9.17, 15) is 4.79 Å². The lowest BCUT2D eigenvalue weighted by Gasteiger charge is -2.07. The van der Waals surface area contributed by atoms with Gasteiger partial charge in [0, 0.05) is 16.0 Å². The Morgan fingerprint density at radius 3 is 2.88 bits per heavy atom. The fourth-order valence-corrected chi connectivity index (χ4v) is 2.53. The van der Waals surface area contributed by atoms with Gasteiger partial charge in [-0.15, -0.1) is 11.8 Å². The summed E-state index contributed by atoms with van der Waals surface area (Å²) in [6.07, 6.45) is 6.64. The van der Waals surface area contributed by atoms with Crippen molar-refractivity contribution in [3.8, 4) is 0 Å². The molecule has 0 aromatic heterocycles. The van der Waals surface area contributed by atoms with Crippen LogP contribution in [0.3, 0.4) is 0 Å². The smallest absolute Gasteiger partial charge is 0.190 e. The lowest BCUT2D eigenvalue weighted by atomic mass is 10.0. The van der Waals surface area contributed by atoms with Crippen LogP contribution in [0.5, 0.6) is 0 Å². The molecule has 0 bridgehead atoms. The van der Waals surface area contributed by atoms with E-state index in [1.165, 1.54) is 0 Å². The normalized spacial score (nSPS) is 13.9. The van der Waals surface area contributed by atoms with Crippen LogP contribution in [0.1, 0.15) is 23.7 Å². The van der Waals surface area contributed by atoms with Crippen molar-refractivity contribution in [1.82, 2.24) is 0 Å². The molecule has 1 aromatic carbocycles. The van der Waals surface area contributed by atoms with Crippen molar-refractivity contribution in [2.45, 2.75) is 18.2 Å². The largest absolute Gasteiger partial charge is 0.289 e. The van der Waals surface area contributed by atoms with Gasteiger partial charge >= 0.3 is 0 Å². The first-order valence-electron chi connectivity index (χ1n) is 5.45. The van der Waals surface area contributed by atoms with Crippen molar-refractivity contribution >= 4 is 17.5 Å². The second-order valence-electron chi connectivity index (χ2n) is 3.58. The molecular formula is C14H14OS. The van der Waals surface area contributed by atoms with Crippen molar-refractivity contribution in [3.63, 3.8) is 0 Å². The Bertz CT molecular complexity index is 458. The SMILES string of the molecule is CCSc1ccccc1C(=O)C1=CC=CC1. The summed E-state index contributed by atoms with van der Waals surface area (Å²) in [7, 11) is 0. The fourth-order valence-electron chi connectivity index (χ4n) is 1.72. The van der Waals surface area contributed by atoms with Crippen LogP contribution in [0.4, 0.5) is 0 Å². The molecule has 82 valence electrons. The predicted molar refractivity (Wildman–Crippen MR) is 69.0 cm³/mol. The molecule has 0 saturated carbocycles. The summed E-state index contributed by atoms with van der Waals surface area (Å²) in [6, 6.07) is 7.84. The molecule has 0 atom stereocenters. The third-order valence-corrected chi connectivity index (χ3v) is 3.45. The van der Waals surface area contributed by atoms with Gasteiger partial charge in [0.25, 0.3) is 0 Å². The zero-order valence-corrected chi connectivity index (χ0v) is 10.1. The zero-order chi connectivity index (χ0) is 11.4. The van der Waals surface area contributed by atoms with E-state index >= 15 is 0 Å². The molecule has 0 heterocycles. The highest BCUT2D eigenvalue weighted by molar-refractivity contribution is 7.99. The van der Waals surface area contributed by atoms with Gasteiger partial charge in [0.15, 0.2) is 5.78 Å². The van der Waals surface area contributed by atoms with Gasteiger partial charge < -0.3 is 0 Å². The number of hydrogen-bond acceptors (Lipinski definition) is 2. The summed E-state index contributed by atoms with van der Waals surface area (Å²) in [5.41, 5.74) is 1.73. The van der Waals surface area contributed by atoms with Gasteiger partial charge in [0.2, 0.25) is 0 Å². The number of thioether (sulfide) groups is 1. The van der Waals surface area contributed by atoms with Crippen molar-refractivity contribution in [2.24, 2.45) is 0 Å². The Labute approximate surface area is 100 Å². The number of benzene rings is 1. The van der Waals surface area contributed by atoms with E-state index in [1.54, 1.807) is 11.8 Å². The lowest BCUT2D eigenvalue weighted by Crippen LogP contribution is -2.03. The number of hydrogen-bond donors (Lipinski definition) is 0. The Kier molecular flexibility index (Phi) is 3.62. The van der Waals surface area contributed by atoms with Gasteiger partial charge in [-0.05, 0) is 24.3 Å². The van der Waals surface area contributed by atoms with E-state index in [1.807, 2.05) is 42.5 Å². The quantitative estimate of drug-likeness (QED) is 0.577. The molecule has 0 spiro atoms. The highest BCUT2D eigenvalue weighted by Gasteiger charge is 2.15. The number of carbonyl (C=O) groups is 1. The molecule has 16 heavy (non-hydrogen) atoms. The van der Waals surface area contributed by atoms with Crippen LogP contribution < -0.4 is 0 Å². The third-order valence-electron chi connectivity index (χ3n) is 2.49. The molecule has 0 N–H and O–H groups in total. The molecule has 0 saturated heterocycles. The van der Waals surface area contributed by atoms with Gasteiger partial charge in [-0.3, -0.25) is 4.79 Å². The van der Waals surface area contributed by atoms with Crippen molar-refractivity contribution < 1.29 is 4.79 Å². The first kappa shape index (κ1) is 11.2. The van der Waals surface area contributed by atoms with E-state index in [2.05, 4.69) is 6.92 Å². The Balaban J connectivity index is 2.29. The molecule has 1 nitrogen and oxygen atoms in total. The van der Waals surface area contributed by atoms with Crippen LogP contribution in [0, 0.1) is 0 Å². The molecule has 0 fully saturated rings. The average molecular weight is 230 g/mol. The van der Waals surface area contributed by atoms with Crippen LogP contribution in [-0.4, -0.2) is 11.5 Å². The number of carbonyl (C=O) groups excluding carboxylic acids is 1. The molecule has 0 radical (unpaired) electrons. The van der Waals surface area contributed by atoms with Gasteiger partial charge in [0.05, 0.1) is 0 Å². The van der Waals surface area contributed by atoms with Gasteiger partial charge in [-0.25, -0.2) is 0 Å². The second-order valence-corrected chi connectivity index (χ2v) is 4.89. The van der Waals surface area contributed by atoms with Gasteiger partial charge in [-0.2, -0.15) is 0 Å². The first-order valence-corrected chi connectivity index (χ1v) is 6.43. The van der Waals surface area contributed by atoms with Crippen molar-refractivity contribution in [1.29, 1.82) is 0 Å². The summed E-state index contributed by atoms with van der Waals surface area (Å²) >= 11 is 1.72. The van der Waals surface area contributed by atoms with Crippen molar-refractivity contribution in [2.75, 3.05) is 5.75 Å². The zero-order valence-electron chi connectivity index (χ0n) is 9.27. The summed E-state index contributed by atoms with van der Waals surface area (Å²) < 4.78 is 0. The molecule has 1 aliphatic rings. The van der Waals surface area contributed by atoms with Crippen LogP contribution in [0.25, 0.3) is 0 Å². The molecular weight excluding hydrogens is 216 g/mol. The number of ketones is 1. The second kappa shape index (κ2) is 5.17. The number of rotatable bonds is 4. The van der Waals surface area contributed by atoms with Crippen LogP contribution in [-0.2, 0) is 0 Å². The third kappa shape index (κ3) is 2.27. The lowest BCUT2D eigenvalue weighted by molar-refractivity contribution is 0.103. The van der Waals surface area contributed by atoms with E-state index in [-0.39, 0.29) is 5.78 Å². The summed E-state index contributed by atoms with van der Waals surface area (Å²) in [5.74, 6) is 1.16. The Hall–Kier alpha value is -1.28. The summed E-state index contributed by atoms with van der Waals surface area (Å²) in [4.78, 5) is 13.3. The van der Waals surface area contributed by atoms with E-state index < -0.39 is 0 Å². The average Bonchev–Trinajstić information content (AvgIpc) is 2.83. The molecule has 2 rings (SSSR count). The van der Waals surface area contributed by atoms with Crippen LogP contribution in [0.15, 0.2) is 53.0 Å². The van der Waals surface area contributed by atoms with Crippen molar-refractivity contribution in [3.05, 3.63) is 53.6 Å². The summed E-state index contributed by atoms with van der Waals surface area (Å²) in [5, 5.41) is 0. The maximum absolute atomic E-state index is 12.2. The first-order chi connectivity index (χ1) is 7.83. The van der Waals surface area contributed by atoms with Gasteiger partial charge in [0.1, 0.15) is 0 Å². The van der Waals surface area contributed by atoms with Crippen LogP contribution >= 0.6 is 11.8 Å². The monoisotopic (exact) mass is 230 g/mol. The molecule has 0 unspecified atom stereocenters. The predicted octanol–water partition coefficient (Wildman–Crippen LogP) is 3.87. The van der Waals surface area contributed by atoms with Gasteiger partial charge in [-0.1, -0.05) is 37.3 Å². The maximum Gasteiger partial charge on any atom is 0.190 e. The molecule has 1 aliphatic carbocycles. The number of allylic oxidation sites excluding steroid dienone is 4. The molecule has 0 amide bonds. The summed E-state index contributed by atoms with van der Waals surface area (Å²) in [6.45, 7) is 2.10. The topological polar surface area (TPSA) is 17.1 Å². The Morgan fingerprint density at radius 2 is 2.19 bits per heavy atom. The standard InChI is InChI=1S/C14H14OS/c1-2-16-13-10-6-5-9-12(13)14(15)11-7-3-4-8-11/h3-7,9-10H,2,8H2,1H3. The minimum Gasteiger partial charge on any atom is -0.289 e. The molecule has 2 heteroatoms. The highest BCUT2D eigenvalue weighted by Crippen LogP contribution is 2.26. The van der Waals surface area contributed by atoms with E-state index in [0.29, 0.717) is 0 Å². The molecule has 0 aliphatic heterocycles. The molecule has 1 aromatic rings. The van der Waals surface area contributed by atoms with E-state index in [4.69, 9.17) is 0 Å². The fraction of sp³-hybridized carbons (Fsp3) is 0.214. The van der Waals surface area contributed by atoms with Crippen LogP contribution in [0.2, 0.25) is 0 Å². The number of Topliss-reactive ketones (excluding diaryl/α,β-unsaturated/α-hetero) is 1.